The van der Waals surface area contributed by atoms with Gasteiger partial charge in [0.15, 0.2) is 0 Å². The fraction of sp³-hybridized carbons (Fsp3) is 0.833. The van der Waals surface area contributed by atoms with E-state index in [1.54, 1.807) is 7.05 Å². The minimum atomic E-state index is -0.123. The molecule has 0 aliphatic heterocycles. The molecule has 0 fully saturated rings. The maximum atomic E-state index is 10.2. The predicted molar refractivity (Wildman–Crippen MR) is 50.6 cm³/mol. The molecule has 0 aromatic rings. The first kappa shape index (κ1) is 16.4. The molecule has 4 heteroatoms. The minimum Gasteiger partial charge on any atom is -0.341 e. The van der Waals surface area contributed by atoms with Crippen molar-refractivity contribution >= 4 is 15.9 Å². The van der Waals surface area contributed by atoms with E-state index in [9.17, 15) is 4.79 Å². The van der Waals surface area contributed by atoms with Crippen LogP contribution in [0.1, 0.15) is 20.8 Å². The normalized spacial score (nSPS) is 6.00. The fourth-order valence-electron chi connectivity index (χ4n) is 0.249. The van der Waals surface area contributed by atoms with Crippen molar-refractivity contribution in [2.45, 2.75) is 20.8 Å². The lowest BCUT2D eigenvalue weighted by molar-refractivity contribution is 0.243. The molecule has 1 atom stereocenters. The number of nitrogens with one attached hydrogen (secondary N) is 2. The third kappa shape index (κ3) is 15.6. The molecule has 0 heterocycles. The summed E-state index contributed by atoms with van der Waals surface area (Å²) in [6.45, 7) is 6.55. The van der Waals surface area contributed by atoms with Crippen LogP contribution in [0.25, 0.3) is 0 Å². The lowest BCUT2D eigenvalue weighted by Gasteiger charge is -1.96. The molecule has 1 unspecified atom stereocenters. The van der Waals surface area contributed by atoms with Crippen molar-refractivity contribution in [2.24, 2.45) is 0 Å². The van der Waals surface area contributed by atoms with Gasteiger partial charge in [0.05, 0.1) is 0 Å². The molecule has 0 spiro atoms. The van der Waals surface area contributed by atoms with Crippen molar-refractivity contribution in [1.82, 2.24) is 10.6 Å². The van der Waals surface area contributed by atoms with E-state index in [0.717, 1.165) is 0 Å². The summed E-state index contributed by atoms with van der Waals surface area (Å²) in [7, 11) is 1.59. The van der Waals surface area contributed by atoms with Gasteiger partial charge >= 0.3 is 6.03 Å². The van der Waals surface area contributed by atoms with Gasteiger partial charge in [-0.2, -0.15) is 9.90 Å². The first-order valence-electron chi connectivity index (χ1n) is 3.26. The monoisotopic (exact) mass is 166 g/mol. The molecular formula is C6H19N2OP. The molecule has 10 heavy (non-hydrogen) atoms. The van der Waals surface area contributed by atoms with Crippen molar-refractivity contribution in [2.75, 3.05) is 13.6 Å². The van der Waals surface area contributed by atoms with E-state index < -0.39 is 0 Å². The molecule has 0 aromatic carbocycles. The summed E-state index contributed by atoms with van der Waals surface area (Å²) in [4.78, 5) is 10.2. The molecule has 2 N–H and O–H groups in total. The zero-order valence-electron chi connectivity index (χ0n) is 7.32. The second kappa shape index (κ2) is 15.9. The highest BCUT2D eigenvalue weighted by atomic mass is 31.0. The minimum absolute atomic E-state index is 0. The second-order valence-electron chi connectivity index (χ2n) is 1.11. The molecule has 2 amide bonds. The van der Waals surface area contributed by atoms with Crippen molar-refractivity contribution in [3.8, 4) is 0 Å². The third-order valence-corrected chi connectivity index (χ3v) is 0.564. The average molecular weight is 166 g/mol. The molecule has 0 aliphatic rings. The number of rotatable bonds is 1. The summed E-state index contributed by atoms with van der Waals surface area (Å²) >= 11 is 0. The first-order valence-corrected chi connectivity index (χ1v) is 3.26. The molecule has 0 radical (unpaired) electrons. The Bertz CT molecular complexity index is 68.8. The van der Waals surface area contributed by atoms with Crippen molar-refractivity contribution in [3.63, 3.8) is 0 Å². The van der Waals surface area contributed by atoms with Crippen molar-refractivity contribution in [3.05, 3.63) is 0 Å². The second-order valence-corrected chi connectivity index (χ2v) is 1.11. The van der Waals surface area contributed by atoms with Crippen molar-refractivity contribution < 1.29 is 4.79 Å². The van der Waals surface area contributed by atoms with Gasteiger partial charge in [0, 0.05) is 13.6 Å². The maximum Gasteiger partial charge on any atom is 0.314 e. The van der Waals surface area contributed by atoms with Crippen LogP contribution in [0.2, 0.25) is 0 Å². The van der Waals surface area contributed by atoms with E-state index in [-0.39, 0.29) is 15.9 Å². The summed E-state index contributed by atoms with van der Waals surface area (Å²) < 4.78 is 0. The number of carbonyl (C=O) groups excluding carboxylic acids is 1. The number of urea groups is 1. The van der Waals surface area contributed by atoms with Crippen LogP contribution in [-0.2, 0) is 0 Å². The Morgan fingerprint density at radius 2 is 1.80 bits per heavy atom. The van der Waals surface area contributed by atoms with E-state index in [1.165, 1.54) is 0 Å². The van der Waals surface area contributed by atoms with Gasteiger partial charge in [-0.25, -0.2) is 4.79 Å². The van der Waals surface area contributed by atoms with Gasteiger partial charge in [-0.05, 0) is 6.92 Å². The van der Waals surface area contributed by atoms with Gasteiger partial charge in [0.25, 0.3) is 0 Å². The molecule has 0 bridgehead atoms. The number of carbonyl (C=O) groups is 1. The molecule has 0 rings (SSSR count). The lowest BCUT2D eigenvalue weighted by Crippen LogP contribution is -2.32. The molecule has 0 saturated heterocycles. The Labute approximate surface area is 66.6 Å². The largest absolute Gasteiger partial charge is 0.341 e. The van der Waals surface area contributed by atoms with E-state index in [0.29, 0.717) is 6.54 Å². The van der Waals surface area contributed by atoms with Gasteiger partial charge in [-0.15, -0.1) is 0 Å². The molecule has 64 valence electrons. The first-order chi connectivity index (χ1) is 4.31. The highest BCUT2D eigenvalue weighted by Gasteiger charge is 1.86. The summed E-state index contributed by atoms with van der Waals surface area (Å²) in [6, 6.07) is -0.123. The smallest absolute Gasteiger partial charge is 0.314 e. The molecule has 3 nitrogen and oxygen atoms in total. The molecular weight excluding hydrogens is 147 g/mol. The van der Waals surface area contributed by atoms with Gasteiger partial charge in [-0.1, -0.05) is 13.8 Å². The number of hydrogen-bond acceptors (Lipinski definition) is 1. The highest BCUT2D eigenvalue weighted by Crippen LogP contribution is 1.55. The van der Waals surface area contributed by atoms with Crippen LogP contribution in [0.4, 0.5) is 4.79 Å². The maximum absolute atomic E-state index is 10.2. The number of amides is 2. The summed E-state index contributed by atoms with van der Waals surface area (Å²) in [5.74, 6) is 0. The van der Waals surface area contributed by atoms with Gasteiger partial charge < -0.3 is 10.6 Å². The molecule has 0 saturated carbocycles. The van der Waals surface area contributed by atoms with Crippen LogP contribution < -0.4 is 10.6 Å². The lowest BCUT2D eigenvalue weighted by atomic mass is 10.7. The standard InChI is InChI=1S/C4H10N2O.C2H6.H3P/c1-3-6-4(7)5-2;1-2;/h3H2,1-2H3,(H2,5,6,7);1-2H3;1H3. The Balaban J connectivity index is -0.000000149. The Hall–Kier alpha value is -0.300. The van der Waals surface area contributed by atoms with E-state index in [2.05, 4.69) is 10.6 Å². The zero-order chi connectivity index (χ0) is 7.70. The van der Waals surface area contributed by atoms with Crippen LogP contribution in [0.5, 0.6) is 0 Å². The quantitative estimate of drug-likeness (QED) is 0.561. The van der Waals surface area contributed by atoms with E-state index in [1.807, 2.05) is 20.8 Å². The zero-order valence-corrected chi connectivity index (χ0v) is 8.74. The third-order valence-electron chi connectivity index (χ3n) is 0.564. The van der Waals surface area contributed by atoms with E-state index in [4.69, 9.17) is 0 Å². The number of hydrogen-bond donors (Lipinski definition) is 2. The SMILES string of the molecule is CC.CCNC(=O)NC.P. The van der Waals surface area contributed by atoms with Gasteiger partial charge in [0.1, 0.15) is 0 Å². The van der Waals surface area contributed by atoms with Crippen LogP contribution in [0.3, 0.4) is 0 Å². The fourth-order valence-corrected chi connectivity index (χ4v) is 0.249. The van der Waals surface area contributed by atoms with Crippen LogP contribution >= 0.6 is 9.90 Å². The Kier molecular flexibility index (Phi) is 26.0. The summed E-state index contributed by atoms with van der Waals surface area (Å²) in [5.41, 5.74) is 0. The van der Waals surface area contributed by atoms with Gasteiger partial charge in [-0.3, -0.25) is 0 Å². The summed E-state index contributed by atoms with van der Waals surface area (Å²) in [5, 5.41) is 4.96. The van der Waals surface area contributed by atoms with Crippen LogP contribution in [-0.4, -0.2) is 19.6 Å². The Morgan fingerprint density at radius 3 is 1.90 bits per heavy atom. The topological polar surface area (TPSA) is 41.1 Å². The van der Waals surface area contributed by atoms with Gasteiger partial charge in [0.2, 0.25) is 0 Å². The Morgan fingerprint density at radius 1 is 1.40 bits per heavy atom. The summed E-state index contributed by atoms with van der Waals surface area (Å²) in [6.07, 6.45) is 0. The van der Waals surface area contributed by atoms with Crippen molar-refractivity contribution in [1.29, 1.82) is 0 Å². The predicted octanol–water partition coefficient (Wildman–Crippen LogP) is 1.02. The van der Waals surface area contributed by atoms with Crippen LogP contribution in [0, 0.1) is 0 Å². The molecule has 0 aromatic heterocycles. The average Bonchev–Trinajstić information content (AvgIpc) is 1.93. The highest BCUT2D eigenvalue weighted by molar-refractivity contribution is 6.92. The van der Waals surface area contributed by atoms with E-state index >= 15 is 0 Å². The van der Waals surface area contributed by atoms with Crippen LogP contribution in [0.15, 0.2) is 0 Å². The molecule has 0 aliphatic carbocycles.